The molecule has 0 bridgehead atoms. The lowest BCUT2D eigenvalue weighted by molar-refractivity contribution is 0.0697. The van der Waals surface area contributed by atoms with E-state index in [0.29, 0.717) is 19.1 Å². The number of rotatable bonds is 6. The van der Waals surface area contributed by atoms with Gasteiger partial charge in [0.1, 0.15) is 5.75 Å². The van der Waals surface area contributed by atoms with Crippen LogP contribution in [0.1, 0.15) is 35.5 Å². The number of ether oxygens (including phenoxy) is 1. The molecule has 1 aromatic heterocycles. The third-order valence-electron chi connectivity index (χ3n) is 4.10. The van der Waals surface area contributed by atoms with Crippen LogP contribution >= 0.6 is 15.9 Å². The minimum Gasteiger partial charge on any atom is -0.493 e. The molecule has 3 aromatic rings. The van der Waals surface area contributed by atoms with Crippen LogP contribution in [0.2, 0.25) is 0 Å². The van der Waals surface area contributed by atoms with Crippen molar-refractivity contribution in [3.05, 3.63) is 57.7 Å². The quantitative estimate of drug-likeness (QED) is 0.621. The molecule has 2 aromatic carbocycles. The molecular weight excluding hydrogens is 396 g/mol. The SMILES string of the molecule is Cc1nn(Cc2cc(Br)ccc2OCC(C)C)c2ccc(C(=O)O)cc12. The summed E-state index contributed by atoms with van der Waals surface area (Å²) < 4.78 is 8.82. The van der Waals surface area contributed by atoms with Gasteiger partial charge in [-0.3, -0.25) is 4.68 Å². The van der Waals surface area contributed by atoms with Crippen LogP contribution in [0, 0.1) is 12.8 Å². The Bertz CT molecular complexity index is 963. The third kappa shape index (κ3) is 3.90. The van der Waals surface area contributed by atoms with Crippen LogP contribution in [0.25, 0.3) is 10.9 Å². The van der Waals surface area contributed by atoms with Gasteiger partial charge in [-0.15, -0.1) is 0 Å². The highest BCUT2D eigenvalue weighted by Gasteiger charge is 2.13. The van der Waals surface area contributed by atoms with E-state index in [0.717, 1.165) is 32.4 Å². The summed E-state index contributed by atoms with van der Waals surface area (Å²) in [6, 6.07) is 11.1. The summed E-state index contributed by atoms with van der Waals surface area (Å²) in [7, 11) is 0. The second kappa shape index (κ2) is 7.50. The average Bonchev–Trinajstić information content (AvgIpc) is 2.89. The van der Waals surface area contributed by atoms with Gasteiger partial charge >= 0.3 is 5.97 Å². The Morgan fingerprint density at radius 1 is 1.27 bits per heavy atom. The number of benzene rings is 2. The monoisotopic (exact) mass is 416 g/mol. The van der Waals surface area contributed by atoms with Gasteiger partial charge in [-0.2, -0.15) is 5.10 Å². The Morgan fingerprint density at radius 2 is 2.04 bits per heavy atom. The van der Waals surface area contributed by atoms with Crippen LogP contribution in [-0.2, 0) is 6.54 Å². The fraction of sp³-hybridized carbons (Fsp3) is 0.300. The molecule has 6 heteroatoms. The van der Waals surface area contributed by atoms with Gasteiger partial charge in [-0.05, 0) is 49.2 Å². The second-order valence-corrected chi connectivity index (χ2v) is 7.65. The van der Waals surface area contributed by atoms with E-state index in [9.17, 15) is 9.90 Å². The predicted octanol–water partition coefficient (Wildman–Crippen LogP) is 4.89. The van der Waals surface area contributed by atoms with E-state index in [1.807, 2.05) is 35.9 Å². The fourth-order valence-corrected chi connectivity index (χ4v) is 3.23. The number of hydrogen-bond acceptors (Lipinski definition) is 3. The summed E-state index contributed by atoms with van der Waals surface area (Å²) >= 11 is 3.52. The summed E-state index contributed by atoms with van der Waals surface area (Å²) in [4.78, 5) is 11.2. The van der Waals surface area contributed by atoms with Crippen molar-refractivity contribution in [3.8, 4) is 5.75 Å². The minimum absolute atomic E-state index is 0.267. The molecule has 5 nitrogen and oxygen atoms in total. The number of aryl methyl sites for hydroxylation is 1. The fourth-order valence-electron chi connectivity index (χ4n) is 2.82. The number of nitrogens with zero attached hydrogens (tertiary/aromatic N) is 2. The zero-order chi connectivity index (χ0) is 18.8. The molecule has 0 aliphatic heterocycles. The van der Waals surface area contributed by atoms with Crippen molar-refractivity contribution in [1.82, 2.24) is 9.78 Å². The lowest BCUT2D eigenvalue weighted by Gasteiger charge is -2.14. The highest BCUT2D eigenvalue weighted by molar-refractivity contribution is 9.10. The van der Waals surface area contributed by atoms with E-state index in [1.165, 1.54) is 0 Å². The number of aromatic carboxylic acids is 1. The zero-order valence-electron chi connectivity index (χ0n) is 15.0. The van der Waals surface area contributed by atoms with Gasteiger partial charge < -0.3 is 9.84 Å². The maximum atomic E-state index is 11.2. The van der Waals surface area contributed by atoms with E-state index in [1.54, 1.807) is 12.1 Å². The van der Waals surface area contributed by atoms with Crippen molar-refractivity contribution in [1.29, 1.82) is 0 Å². The molecule has 0 amide bonds. The lowest BCUT2D eigenvalue weighted by atomic mass is 10.1. The van der Waals surface area contributed by atoms with Crippen molar-refractivity contribution in [3.63, 3.8) is 0 Å². The summed E-state index contributed by atoms with van der Waals surface area (Å²) in [5.41, 5.74) is 3.00. The number of hydrogen-bond donors (Lipinski definition) is 1. The van der Waals surface area contributed by atoms with Crippen LogP contribution in [-0.4, -0.2) is 27.5 Å². The number of carboxylic acids is 1. The molecule has 1 N–H and O–H groups in total. The van der Waals surface area contributed by atoms with Crippen LogP contribution in [0.4, 0.5) is 0 Å². The van der Waals surface area contributed by atoms with Gasteiger partial charge in [-0.25, -0.2) is 4.79 Å². The highest BCUT2D eigenvalue weighted by atomic mass is 79.9. The minimum atomic E-state index is -0.935. The lowest BCUT2D eigenvalue weighted by Crippen LogP contribution is -2.09. The molecule has 1 heterocycles. The molecule has 0 spiro atoms. The molecule has 0 unspecified atom stereocenters. The Labute approximate surface area is 160 Å². The number of fused-ring (bicyclic) bond motifs is 1. The predicted molar refractivity (Wildman–Crippen MR) is 105 cm³/mol. The molecular formula is C20H21BrN2O3. The third-order valence-corrected chi connectivity index (χ3v) is 4.59. The van der Waals surface area contributed by atoms with E-state index in [4.69, 9.17) is 4.74 Å². The van der Waals surface area contributed by atoms with Crippen LogP contribution in [0.3, 0.4) is 0 Å². The Kier molecular flexibility index (Phi) is 5.32. The standard InChI is InChI=1S/C20H21BrN2O3/c1-12(2)11-26-19-7-5-16(21)8-15(19)10-23-18-6-4-14(20(24)25)9-17(18)13(3)22-23/h4-9,12H,10-11H2,1-3H3,(H,24,25). The van der Waals surface area contributed by atoms with Crippen molar-refractivity contribution in [2.75, 3.05) is 6.61 Å². The molecule has 0 atom stereocenters. The van der Waals surface area contributed by atoms with Crippen molar-refractivity contribution < 1.29 is 14.6 Å². The Hall–Kier alpha value is -2.34. The van der Waals surface area contributed by atoms with Crippen molar-refractivity contribution in [2.45, 2.75) is 27.3 Å². The van der Waals surface area contributed by atoms with Crippen LogP contribution < -0.4 is 4.74 Å². The first kappa shape index (κ1) is 18.5. The topological polar surface area (TPSA) is 64.4 Å². The Balaban J connectivity index is 1.99. The molecule has 0 aliphatic rings. The van der Waals surface area contributed by atoms with Gasteiger partial charge in [0.05, 0.1) is 29.9 Å². The molecule has 0 fully saturated rings. The molecule has 0 aliphatic carbocycles. The number of carbonyl (C=O) groups is 1. The van der Waals surface area contributed by atoms with E-state index in [-0.39, 0.29) is 5.56 Å². The number of carboxylic acid groups (broad SMARTS) is 1. The first-order valence-electron chi connectivity index (χ1n) is 8.47. The van der Waals surface area contributed by atoms with Gasteiger partial charge in [-0.1, -0.05) is 29.8 Å². The van der Waals surface area contributed by atoms with E-state index in [2.05, 4.69) is 34.9 Å². The number of halogens is 1. The second-order valence-electron chi connectivity index (χ2n) is 6.74. The molecule has 0 radical (unpaired) electrons. The molecule has 26 heavy (non-hydrogen) atoms. The molecule has 3 rings (SSSR count). The smallest absolute Gasteiger partial charge is 0.335 e. The molecule has 136 valence electrons. The van der Waals surface area contributed by atoms with Gasteiger partial charge in [0.15, 0.2) is 0 Å². The van der Waals surface area contributed by atoms with Gasteiger partial charge in [0.2, 0.25) is 0 Å². The van der Waals surface area contributed by atoms with Crippen molar-refractivity contribution >= 4 is 32.8 Å². The first-order chi connectivity index (χ1) is 12.3. The molecule has 0 saturated heterocycles. The maximum Gasteiger partial charge on any atom is 0.335 e. The summed E-state index contributed by atoms with van der Waals surface area (Å²) in [6.07, 6.45) is 0. The normalized spacial score (nSPS) is 11.3. The van der Waals surface area contributed by atoms with Crippen molar-refractivity contribution in [2.24, 2.45) is 5.92 Å². The van der Waals surface area contributed by atoms with E-state index >= 15 is 0 Å². The maximum absolute atomic E-state index is 11.2. The zero-order valence-corrected chi connectivity index (χ0v) is 16.6. The summed E-state index contributed by atoms with van der Waals surface area (Å²) in [5, 5.41) is 14.7. The largest absolute Gasteiger partial charge is 0.493 e. The number of aromatic nitrogens is 2. The summed E-state index contributed by atoms with van der Waals surface area (Å²) in [5.74, 6) is 0.342. The molecule has 0 saturated carbocycles. The van der Waals surface area contributed by atoms with Crippen LogP contribution in [0.15, 0.2) is 40.9 Å². The Morgan fingerprint density at radius 3 is 2.73 bits per heavy atom. The first-order valence-corrected chi connectivity index (χ1v) is 9.26. The highest BCUT2D eigenvalue weighted by Crippen LogP contribution is 2.27. The van der Waals surface area contributed by atoms with Gasteiger partial charge in [0, 0.05) is 15.4 Å². The van der Waals surface area contributed by atoms with Crippen LogP contribution in [0.5, 0.6) is 5.75 Å². The average molecular weight is 417 g/mol. The van der Waals surface area contributed by atoms with E-state index < -0.39 is 5.97 Å². The summed E-state index contributed by atoms with van der Waals surface area (Å²) in [6.45, 7) is 7.31. The van der Waals surface area contributed by atoms with Gasteiger partial charge in [0.25, 0.3) is 0 Å².